The van der Waals surface area contributed by atoms with Crippen LogP contribution in [0.3, 0.4) is 0 Å². The van der Waals surface area contributed by atoms with E-state index in [-0.39, 0.29) is 5.91 Å². The van der Waals surface area contributed by atoms with E-state index in [1.165, 1.54) is 18.4 Å². The fourth-order valence-corrected chi connectivity index (χ4v) is 4.86. The van der Waals surface area contributed by atoms with Gasteiger partial charge in [-0.05, 0) is 23.5 Å². The van der Waals surface area contributed by atoms with Crippen molar-refractivity contribution in [2.24, 2.45) is 12.5 Å². The molecular weight excluding hydrogens is 440 g/mol. The smallest absolute Gasteiger partial charge is 0.404 e. The van der Waals surface area contributed by atoms with Crippen molar-refractivity contribution >= 4 is 23.3 Å². The standard InChI is InChI=1S/C24H30N4O4S/c1-24(2,3)21(27-23(30)31)17(13-15-9-7-6-8-10-15)26-22(29)20-19(32-5)16(14-33-20)18-11-12-25-28(18)4/h6-12,14,17,21,27H,13H2,1-5H3,(H,26,29)(H,30,31). The van der Waals surface area contributed by atoms with Crippen LogP contribution in [-0.2, 0) is 13.5 Å². The number of nitrogens with one attached hydrogen (secondary N) is 2. The van der Waals surface area contributed by atoms with Gasteiger partial charge in [0.2, 0.25) is 0 Å². The minimum atomic E-state index is -1.13. The van der Waals surface area contributed by atoms with Gasteiger partial charge in [-0.25, -0.2) is 4.79 Å². The maximum absolute atomic E-state index is 13.4. The molecule has 0 aliphatic carbocycles. The van der Waals surface area contributed by atoms with Crippen molar-refractivity contribution in [3.63, 3.8) is 0 Å². The van der Waals surface area contributed by atoms with Crippen LogP contribution in [0.5, 0.6) is 5.75 Å². The van der Waals surface area contributed by atoms with E-state index in [1.807, 2.05) is 69.6 Å². The Bertz CT molecular complexity index is 1100. The number of hydrogen-bond donors (Lipinski definition) is 3. The molecule has 0 bridgehead atoms. The highest BCUT2D eigenvalue weighted by Gasteiger charge is 2.35. The number of aromatic nitrogens is 2. The van der Waals surface area contributed by atoms with Crippen LogP contribution >= 0.6 is 11.3 Å². The highest BCUT2D eigenvalue weighted by atomic mass is 32.1. The van der Waals surface area contributed by atoms with E-state index >= 15 is 0 Å². The average molecular weight is 471 g/mol. The van der Waals surface area contributed by atoms with Crippen molar-refractivity contribution in [3.05, 3.63) is 58.4 Å². The zero-order valence-electron chi connectivity index (χ0n) is 19.5. The van der Waals surface area contributed by atoms with Crippen LogP contribution in [0.4, 0.5) is 4.79 Å². The normalized spacial score (nSPS) is 13.2. The van der Waals surface area contributed by atoms with Gasteiger partial charge in [-0.1, -0.05) is 51.1 Å². The first kappa shape index (κ1) is 24.3. The number of hydrogen-bond acceptors (Lipinski definition) is 5. The minimum absolute atomic E-state index is 0.312. The van der Waals surface area contributed by atoms with Gasteiger partial charge in [-0.15, -0.1) is 11.3 Å². The van der Waals surface area contributed by atoms with Gasteiger partial charge in [-0.3, -0.25) is 9.48 Å². The molecule has 0 radical (unpaired) electrons. The molecule has 1 aromatic carbocycles. The van der Waals surface area contributed by atoms with Crippen molar-refractivity contribution in [3.8, 4) is 17.0 Å². The minimum Gasteiger partial charge on any atom is -0.494 e. The maximum atomic E-state index is 13.4. The Labute approximate surface area is 197 Å². The predicted octanol–water partition coefficient (Wildman–Crippen LogP) is 4.18. The first-order valence-electron chi connectivity index (χ1n) is 10.6. The molecule has 9 heteroatoms. The van der Waals surface area contributed by atoms with E-state index in [2.05, 4.69) is 15.7 Å². The summed E-state index contributed by atoms with van der Waals surface area (Å²) in [5.74, 6) is 0.158. The van der Waals surface area contributed by atoms with Crippen LogP contribution in [0, 0.1) is 5.41 Å². The van der Waals surface area contributed by atoms with Crippen LogP contribution in [0.15, 0.2) is 48.0 Å². The molecule has 3 aromatic rings. The summed E-state index contributed by atoms with van der Waals surface area (Å²) < 4.78 is 7.33. The second-order valence-electron chi connectivity index (χ2n) is 8.91. The largest absolute Gasteiger partial charge is 0.494 e. The van der Waals surface area contributed by atoms with Gasteiger partial charge in [0.1, 0.15) is 4.88 Å². The van der Waals surface area contributed by atoms with E-state index in [4.69, 9.17) is 4.74 Å². The maximum Gasteiger partial charge on any atom is 0.404 e. The molecule has 2 amide bonds. The quantitative estimate of drug-likeness (QED) is 0.458. The molecule has 3 N–H and O–H groups in total. The highest BCUT2D eigenvalue weighted by molar-refractivity contribution is 7.13. The molecule has 0 aliphatic heterocycles. The predicted molar refractivity (Wildman–Crippen MR) is 129 cm³/mol. The fourth-order valence-electron chi connectivity index (χ4n) is 3.93. The van der Waals surface area contributed by atoms with Gasteiger partial charge in [0, 0.05) is 18.6 Å². The molecule has 0 fully saturated rings. The average Bonchev–Trinajstić information content (AvgIpc) is 3.36. The number of amides is 2. The van der Waals surface area contributed by atoms with Crippen LogP contribution in [0.1, 0.15) is 36.0 Å². The monoisotopic (exact) mass is 470 g/mol. The molecule has 2 heterocycles. The zero-order chi connectivity index (χ0) is 24.2. The van der Waals surface area contributed by atoms with E-state index < -0.39 is 23.6 Å². The zero-order valence-corrected chi connectivity index (χ0v) is 20.3. The Balaban J connectivity index is 1.95. The van der Waals surface area contributed by atoms with Gasteiger partial charge in [0.05, 0.1) is 30.5 Å². The summed E-state index contributed by atoms with van der Waals surface area (Å²) in [5, 5.41) is 21.3. The lowest BCUT2D eigenvalue weighted by atomic mass is 9.80. The SMILES string of the molecule is COc1c(-c2ccnn2C)csc1C(=O)NC(Cc1ccccc1)C(NC(=O)O)C(C)(C)C. The van der Waals surface area contributed by atoms with Gasteiger partial charge >= 0.3 is 6.09 Å². The summed E-state index contributed by atoms with van der Waals surface area (Å²) in [7, 11) is 3.36. The summed E-state index contributed by atoms with van der Waals surface area (Å²) >= 11 is 1.28. The number of nitrogens with zero attached hydrogens (tertiary/aromatic N) is 2. The second-order valence-corrected chi connectivity index (χ2v) is 9.79. The van der Waals surface area contributed by atoms with Crippen LogP contribution in [0.25, 0.3) is 11.3 Å². The number of carboxylic acid groups (broad SMARTS) is 1. The van der Waals surface area contributed by atoms with Gasteiger partial charge < -0.3 is 20.5 Å². The van der Waals surface area contributed by atoms with Crippen molar-refractivity contribution in [1.82, 2.24) is 20.4 Å². The number of aryl methyl sites for hydroxylation is 1. The van der Waals surface area contributed by atoms with Crippen LogP contribution in [-0.4, -0.2) is 46.1 Å². The molecule has 8 nitrogen and oxygen atoms in total. The van der Waals surface area contributed by atoms with E-state index in [9.17, 15) is 14.7 Å². The van der Waals surface area contributed by atoms with Gasteiger partial charge in [-0.2, -0.15) is 5.10 Å². The molecule has 0 spiro atoms. The molecule has 176 valence electrons. The van der Waals surface area contributed by atoms with Crippen molar-refractivity contribution in [2.45, 2.75) is 39.3 Å². The Morgan fingerprint density at radius 2 is 1.88 bits per heavy atom. The van der Waals surface area contributed by atoms with Crippen LogP contribution in [0.2, 0.25) is 0 Å². The lowest BCUT2D eigenvalue weighted by Gasteiger charge is -2.37. The molecule has 2 unspecified atom stereocenters. The summed E-state index contributed by atoms with van der Waals surface area (Å²) in [6.45, 7) is 5.85. The van der Waals surface area contributed by atoms with E-state index in [1.54, 1.807) is 10.9 Å². The third-order valence-corrected chi connectivity index (χ3v) is 6.44. The highest BCUT2D eigenvalue weighted by Crippen LogP contribution is 2.38. The lowest BCUT2D eigenvalue weighted by molar-refractivity contribution is 0.0902. The molecule has 2 atom stereocenters. The number of ether oxygens (including phenoxy) is 1. The van der Waals surface area contributed by atoms with Crippen molar-refractivity contribution in [2.75, 3.05) is 7.11 Å². The third-order valence-electron chi connectivity index (χ3n) is 5.48. The number of rotatable bonds is 8. The fraction of sp³-hybridized carbons (Fsp3) is 0.375. The Morgan fingerprint density at radius 3 is 2.42 bits per heavy atom. The van der Waals surface area contributed by atoms with Crippen molar-refractivity contribution < 1.29 is 19.4 Å². The molecule has 0 aliphatic rings. The number of carbonyl (C=O) groups excluding carboxylic acids is 1. The van der Waals surface area contributed by atoms with Crippen LogP contribution < -0.4 is 15.4 Å². The molecule has 33 heavy (non-hydrogen) atoms. The molecule has 2 aromatic heterocycles. The van der Waals surface area contributed by atoms with Gasteiger partial charge in [0.15, 0.2) is 5.75 Å². The molecular formula is C24H30N4O4S. The number of carbonyl (C=O) groups is 2. The summed E-state index contributed by atoms with van der Waals surface area (Å²) in [4.78, 5) is 25.4. The molecule has 0 saturated carbocycles. The van der Waals surface area contributed by atoms with E-state index in [0.717, 1.165) is 16.8 Å². The van der Waals surface area contributed by atoms with Gasteiger partial charge in [0.25, 0.3) is 5.91 Å². The Morgan fingerprint density at radius 1 is 1.18 bits per heavy atom. The van der Waals surface area contributed by atoms with Crippen molar-refractivity contribution in [1.29, 1.82) is 0 Å². The lowest BCUT2D eigenvalue weighted by Crippen LogP contribution is -2.58. The number of methoxy groups -OCH3 is 1. The summed E-state index contributed by atoms with van der Waals surface area (Å²) in [5.41, 5.74) is 2.18. The molecule has 3 rings (SSSR count). The number of benzene rings is 1. The molecule has 0 saturated heterocycles. The first-order chi connectivity index (χ1) is 15.6. The third kappa shape index (κ3) is 5.73. The summed E-state index contributed by atoms with van der Waals surface area (Å²) in [6, 6.07) is 10.5. The number of thiophene rings is 1. The second kappa shape index (κ2) is 10.1. The summed E-state index contributed by atoms with van der Waals surface area (Å²) in [6.07, 6.45) is 1.03. The Kier molecular flexibility index (Phi) is 7.43. The Hall–Kier alpha value is -3.33. The topological polar surface area (TPSA) is 105 Å². The first-order valence-corrected chi connectivity index (χ1v) is 11.5. The van der Waals surface area contributed by atoms with E-state index in [0.29, 0.717) is 17.0 Å².